The Bertz CT molecular complexity index is 242. The number of rotatable bonds is 3. The minimum absolute atomic E-state index is 0.715. The predicted molar refractivity (Wildman–Crippen MR) is 52.1 cm³/mol. The summed E-state index contributed by atoms with van der Waals surface area (Å²) in [5, 5.41) is -7.83. The molecule has 0 amide bonds. The van der Waals surface area contributed by atoms with Gasteiger partial charge in [0.15, 0.2) is 5.83 Å². The van der Waals surface area contributed by atoms with E-state index >= 15 is 0 Å². The van der Waals surface area contributed by atoms with E-state index in [1.54, 1.807) is 0 Å². The van der Waals surface area contributed by atoms with Crippen molar-refractivity contribution in [3.8, 4) is 0 Å². The third-order valence-electron chi connectivity index (χ3n) is 1.46. The first-order chi connectivity index (χ1) is 5.98. The van der Waals surface area contributed by atoms with E-state index in [-0.39, 0.29) is 0 Å². The fourth-order valence-corrected chi connectivity index (χ4v) is 1.27. The summed E-state index contributed by atoms with van der Waals surface area (Å²) in [6.07, 6.45) is -0.915. The maximum absolute atomic E-state index is 13.2. The molecule has 0 nitrogen and oxygen atoms in total. The number of halogens is 6. The fourth-order valence-electron chi connectivity index (χ4n) is 0.496. The molecule has 9 heteroatoms. The number of hydrogen-bond donors (Lipinski definition) is 0. The molecule has 0 rings (SSSR count). The smallest absolute Gasteiger partial charge is 0.228 e. The lowest BCUT2D eigenvalue weighted by Crippen LogP contribution is -2.48. The number of allylic oxidation sites excluding steroid dienone is 1. The van der Waals surface area contributed by atoms with Crippen LogP contribution in [0.2, 0.25) is 0 Å². The topological polar surface area (TPSA) is 0 Å². The maximum atomic E-state index is 13.2. The molecule has 0 aromatic carbocycles. The van der Waals surface area contributed by atoms with E-state index in [1.807, 2.05) is 0 Å². The van der Waals surface area contributed by atoms with Crippen molar-refractivity contribution in [2.75, 3.05) is 0 Å². The molecule has 0 fully saturated rings. The highest BCUT2D eigenvalue weighted by atomic mass is 31.0. The molecule has 0 N–H and O–H groups in total. The summed E-state index contributed by atoms with van der Waals surface area (Å²) < 4.78 is 75.3. The van der Waals surface area contributed by atoms with E-state index < -0.39 is 28.6 Å². The van der Waals surface area contributed by atoms with Crippen LogP contribution in [0.4, 0.5) is 26.3 Å². The molecule has 0 bridgehead atoms. The summed E-state index contributed by atoms with van der Waals surface area (Å²) in [5.74, 6) is -2.28. The highest BCUT2D eigenvalue weighted by Crippen LogP contribution is 2.57. The molecule has 0 radical (unpaired) electrons. The van der Waals surface area contributed by atoms with Gasteiger partial charge in [0, 0.05) is 0 Å². The monoisotopic (exact) mass is 274 g/mol. The van der Waals surface area contributed by atoms with Crippen LogP contribution >= 0.6 is 27.7 Å². The lowest BCUT2D eigenvalue weighted by atomic mass is 10.2. The Hall–Kier alpha value is 0.610. The van der Waals surface area contributed by atoms with Gasteiger partial charge in [-0.2, -0.15) is 8.78 Å². The van der Waals surface area contributed by atoms with Gasteiger partial charge in [-0.05, 0) is 0 Å². The van der Waals surface area contributed by atoms with Crippen molar-refractivity contribution in [3.63, 3.8) is 0 Å². The number of hydrogen-bond acceptors (Lipinski definition) is 0. The van der Waals surface area contributed by atoms with Gasteiger partial charge in [-0.3, -0.25) is 0 Å². The molecular weight excluding hydrogens is 267 g/mol. The molecule has 0 saturated heterocycles. The minimum Gasteiger partial charge on any atom is -0.228 e. The molecule has 0 aromatic heterocycles. The Morgan fingerprint density at radius 1 is 1.00 bits per heavy atom. The molecule has 0 aromatic rings. The summed E-state index contributed by atoms with van der Waals surface area (Å²) in [6, 6.07) is 0. The largest absolute Gasteiger partial charge is 0.299 e. The minimum atomic E-state index is -4.27. The van der Waals surface area contributed by atoms with Gasteiger partial charge in [-0.1, -0.05) is 27.7 Å². The summed E-state index contributed by atoms with van der Waals surface area (Å²) in [6.45, 7) is 0. The zero-order valence-corrected chi connectivity index (χ0v) is 10.0. The van der Waals surface area contributed by atoms with E-state index in [4.69, 9.17) is 0 Å². The van der Waals surface area contributed by atoms with Crippen molar-refractivity contribution < 1.29 is 26.3 Å². The Kier molecular flexibility index (Phi) is 4.42. The van der Waals surface area contributed by atoms with Crippen LogP contribution in [0, 0.1) is 0 Å². The summed E-state index contributed by atoms with van der Waals surface area (Å²) in [4.78, 5) is 0. The van der Waals surface area contributed by atoms with Gasteiger partial charge < -0.3 is 0 Å². The van der Waals surface area contributed by atoms with Crippen molar-refractivity contribution in [2.24, 2.45) is 0 Å². The lowest BCUT2D eigenvalue weighted by molar-refractivity contribution is -0.0577. The van der Waals surface area contributed by atoms with E-state index in [0.29, 0.717) is 9.24 Å². The Balaban J connectivity index is 5.29. The highest BCUT2D eigenvalue weighted by Gasteiger charge is 2.63. The normalized spacial score (nSPS) is 22.8. The molecule has 0 aliphatic heterocycles. The summed E-state index contributed by atoms with van der Waals surface area (Å²) >= 11 is 0. The summed E-state index contributed by atoms with van der Waals surface area (Å²) in [5.41, 5.74) is -4.27. The van der Waals surface area contributed by atoms with Crippen LogP contribution in [-0.2, 0) is 0 Å². The van der Waals surface area contributed by atoms with Gasteiger partial charge in [0.2, 0.25) is 10.8 Å². The molecular formula is C5H7F6P3. The Morgan fingerprint density at radius 3 is 1.57 bits per heavy atom. The van der Waals surface area contributed by atoms with Crippen LogP contribution in [0.1, 0.15) is 0 Å². The molecule has 0 saturated carbocycles. The Morgan fingerprint density at radius 2 is 1.36 bits per heavy atom. The van der Waals surface area contributed by atoms with Gasteiger partial charge in [-0.25, -0.2) is 17.6 Å². The quantitative estimate of drug-likeness (QED) is 0.547. The van der Waals surface area contributed by atoms with Crippen LogP contribution in [0.5, 0.6) is 0 Å². The third kappa shape index (κ3) is 2.40. The van der Waals surface area contributed by atoms with Crippen molar-refractivity contribution in [1.29, 1.82) is 0 Å². The van der Waals surface area contributed by atoms with Crippen molar-refractivity contribution in [2.45, 2.75) is 16.5 Å². The zero-order valence-electron chi connectivity index (χ0n) is 6.58. The van der Waals surface area contributed by atoms with Gasteiger partial charge >= 0.3 is 0 Å². The average molecular weight is 274 g/mol. The van der Waals surface area contributed by atoms with E-state index in [1.165, 1.54) is 0 Å². The van der Waals surface area contributed by atoms with Crippen LogP contribution in [0.3, 0.4) is 0 Å². The van der Waals surface area contributed by atoms with Crippen molar-refractivity contribution >= 4 is 27.7 Å². The highest BCUT2D eigenvalue weighted by molar-refractivity contribution is 7.28. The maximum Gasteiger partial charge on any atom is 0.299 e. The SMILES string of the molecule is F/C=C(\F)[C@](F)(P)[C@@](F)(P)C(F)(F)P. The molecule has 3 unspecified atom stereocenters. The fraction of sp³-hybridized carbons (Fsp3) is 0.600. The third-order valence-corrected chi connectivity index (χ3v) is 4.05. The first-order valence-corrected chi connectivity index (χ1v) is 4.80. The van der Waals surface area contributed by atoms with Gasteiger partial charge in [0.05, 0.1) is 0 Å². The molecule has 0 aliphatic carbocycles. The second kappa shape index (κ2) is 4.23. The van der Waals surface area contributed by atoms with E-state index in [0.717, 1.165) is 18.5 Å². The van der Waals surface area contributed by atoms with Gasteiger partial charge in [0.25, 0.3) is 5.66 Å². The lowest BCUT2D eigenvalue weighted by Gasteiger charge is -2.35. The number of alkyl halides is 4. The molecule has 14 heavy (non-hydrogen) atoms. The van der Waals surface area contributed by atoms with Crippen molar-refractivity contribution in [1.82, 2.24) is 0 Å². The molecule has 0 aliphatic rings. The van der Waals surface area contributed by atoms with Gasteiger partial charge in [-0.15, -0.1) is 0 Å². The van der Waals surface area contributed by atoms with Crippen LogP contribution in [0.25, 0.3) is 0 Å². The standard InChI is InChI=1S/C5H7F6P3/c6-1-2(7)3(8,12)4(9,13)5(10,11)14/h1H,12-14H2/b2-1-/t3-,4+/m0/s1. The predicted octanol–water partition coefficient (Wildman–Crippen LogP) is 3.32. The van der Waals surface area contributed by atoms with Crippen molar-refractivity contribution in [3.05, 3.63) is 12.2 Å². The van der Waals surface area contributed by atoms with Crippen LogP contribution in [0.15, 0.2) is 12.2 Å². The first kappa shape index (κ1) is 14.6. The van der Waals surface area contributed by atoms with Crippen LogP contribution in [-0.4, -0.2) is 16.5 Å². The second-order valence-corrected chi connectivity index (χ2v) is 4.82. The second-order valence-electron chi connectivity index (χ2n) is 2.50. The average Bonchev–Trinajstić information content (AvgIpc) is 2.00. The molecule has 5 atom stereocenters. The summed E-state index contributed by atoms with van der Waals surface area (Å²) in [7, 11) is 2.41. The Labute approximate surface area is 83.5 Å². The van der Waals surface area contributed by atoms with Gasteiger partial charge in [0.1, 0.15) is 6.33 Å². The zero-order chi connectivity index (χ0) is 11.8. The molecule has 0 heterocycles. The van der Waals surface area contributed by atoms with E-state index in [9.17, 15) is 26.3 Å². The molecule has 0 spiro atoms. The first-order valence-electron chi connectivity index (χ1n) is 3.07. The molecule has 84 valence electrons. The van der Waals surface area contributed by atoms with Crippen LogP contribution < -0.4 is 0 Å². The van der Waals surface area contributed by atoms with E-state index in [2.05, 4.69) is 0 Å².